The fourth-order valence-corrected chi connectivity index (χ4v) is 1.90. The van der Waals surface area contributed by atoms with Gasteiger partial charge in [-0.25, -0.2) is 4.79 Å². The second-order valence-electron chi connectivity index (χ2n) is 4.46. The minimum absolute atomic E-state index is 0.461. The standard InChI is InChI=1S/C11H18N2O7/c1-4(15)13-8-5(12)2-7(11(18)19)20-10(8)9(17)6(16)3-14/h2,5-6,8-10,14,16-17H,3,12H2,1H3,(H,13,15)(H,18,19)/t5-,6+,8+,9?,10+/m0/s1. The Kier molecular flexibility index (Phi) is 5.45. The van der Waals surface area contributed by atoms with E-state index in [9.17, 15) is 19.8 Å². The summed E-state index contributed by atoms with van der Waals surface area (Å²) in [6.45, 7) is 0.463. The van der Waals surface area contributed by atoms with Crippen LogP contribution in [0.15, 0.2) is 11.8 Å². The molecule has 9 nitrogen and oxygen atoms in total. The maximum atomic E-state index is 11.1. The quantitative estimate of drug-likeness (QED) is 0.310. The van der Waals surface area contributed by atoms with Crippen molar-refractivity contribution in [2.75, 3.05) is 6.61 Å². The smallest absolute Gasteiger partial charge is 0.370 e. The van der Waals surface area contributed by atoms with E-state index in [1.54, 1.807) is 0 Å². The van der Waals surface area contributed by atoms with E-state index in [0.717, 1.165) is 6.08 Å². The molecule has 1 heterocycles. The highest BCUT2D eigenvalue weighted by atomic mass is 16.5. The molecule has 114 valence electrons. The molecule has 0 spiro atoms. The van der Waals surface area contributed by atoms with Gasteiger partial charge in [-0.05, 0) is 6.08 Å². The molecule has 1 rings (SSSR count). The monoisotopic (exact) mass is 290 g/mol. The number of carbonyl (C=O) groups excluding carboxylic acids is 1. The number of carbonyl (C=O) groups is 2. The van der Waals surface area contributed by atoms with Crippen LogP contribution in [0.5, 0.6) is 0 Å². The zero-order chi connectivity index (χ0) is 15.4. The van der Waals surface area contributed by atoms with Crippen molar-refractivity contribution in [3.8, 4) is 0 Å². The lowest BCUT2D eigenvalue weighted by Gasteiger charge is -2.38. The van der Waals surface area contributed by atoms with Crippen LogP contribution in [0.1, 0.15) is 6.92 Å². The maximum absolute atomic E-state index is 11.1. The van der Waals surface area contributed by atoms with E-state index in [0.29, 0.717) is 0 Å². The number of aliphatic carboxylic acids is 1. The van der Waals surface area contributed by atoms with E-state index in [2.05, 4.69) is 5.32 Å². The van der Waals surface area contributed by atoms with E-state index >= 15 is 0 Å². The summed E-state index contributed by atoms with van der Waals surface area (Å²) in [6.07, 6.45) is -3.38. The number of aliphatic hydroxyl groups is 3. The van der Waals surface area contributed by atoms with Gasteiger partial charge in [-0.2, -0.15) is 0 Å². The van der Waals surface area contributed by atoms with Gasteiger partial charge in [0.1, 0.15) is 18.3 Å². The van der Waals surface area contributed by atoms with Crippen LogP contribution in [0.4, 0.5) is 0 Å². The third-order valence-electron chi connectivity index (χ3n) is 2.87. The molecule has 0 bridgehead atoms. The van der Waals surface area contributed by atoms with Gasteiger partial charge >= 0.3 is 5.97 Å². The van der Waals surface area contributed by atoms with Crippen molar-refractivity contribution in [2.24, 2.45) is 5.73 Å². The highest BCUT2D eigenvalue weighted by molar-refractivity contribution is 5.84. The first-order chi connectivity index (χ1) is 9.27. The molecular formula is C11H18N2O7. The summed E-state index contributed by atoms with van der Waals surface area (Å²) >= 11 is 0. The highest BCUT2D eigenvalue weighted by Gasteiger charge is 2.42. The third kappa shape index (κ3) is 3.67. The molecule has 1 unspecified atom stereocenters. The molecule has 0 saturated heterocycles. The molecular weight excluding hydrogens is 272 g/mol. The molecule has 7 N–H and O–H groups in total. The van der Waals surface area contributed by atoms with Gasteiger partial charge in [0.05, 0.1) is 18.7 Å². The minimum atomic E-state index is -1.62. The number of hydrogen-bond donors (Lipinski definition) is 6. The van der Waals surface area contributed by atoms with Gasteiger partial charge in [-0.15, -0.1) is 0 Å². The minimum Gasteiger partial charge on any atom is -0.478 e. The molecule has 0 aromatic rings. The van der Waals surface area contributed by atoms with Gasteiger partial charge in [0.2, 0.25) is 11.7 Å². The molecule has 5 atom stereocenters. The summed E-state index contributed by atoms with van der Waals surface area (Å²) in [7, 11) is 0. The summed E-state index contributed by atoms with van der Waals surface area (Å²) in [6, 6.07) is -1.86. The Morgan fingerprint density at radius 1 is 1.50 bits per heavy atom. The van der Waals surface area contributed by atoms with Crippen LogP contribution in [0.25, 0.3) is 0 Å². The van der Waals surface area contributed by atoms with Crippen LogP contribution in [0.2, 0.25) is 0 Å². The fraction of sp³-hybridized carbons (Fsp3) is 0.636. The van der Waals surface area contributed by atoms with Crippen LogP contribution < -0.4 is 11.1 Å². The summed E-state index contributed by atoms with van der Waals surface area (Å²) in [5.74, 6) is -2.34. The van der Waals surface area contributed by atoms with Crippen molar-refractivity contribution in [1.82, 2.24) is 5.32 Å². The molecule has 0 saturated carbocycles. The number of nitrogens with two attached hydrogens (primary N) is 1. The molecule has 1 aliphatic rings. The van der Waals surface area contributed by atoms with Gasteiger partial charge < -0.3 is 36.2 Å². The largest absolute Gasteiger partial charge is 0.478 e. The molecule has 1 amide bonds. The Morgan fingerprint density at radius 2 is 2.10 bits per heavy atom. The van der Waals surface area contributed by atoms with Crippen molar-refractivity contribution in [3.05, 3.63) is 11.8 Å². The van der Waals surface area contributed by atoms with Crippen molar-refractivity contribution in [1.29, 1.82) is 0 Å². The van der Waals surface area contributed by atoms with Crippen molar-refractivity contribution < 1.29 is 34.8 Å². The van der Waals surface area contributed by atoms with Crippen LogP contribution in [-0.4, -0.2) is 69.3 Å². The molecule has 0 aliphatic carbocycles. The van der Waals surface area contributed by atoms with Crippen molar-refractivity contribution >= 4 is 11.9 Å². The van der Waals surface area contributed by atoms with Gasteiger partial charge in [-0.1, -0.05) is 0 Å². The number of aliphatic hydroxyl groups excluding tert-OH is 3. The number of ether oxygens (including phenoxy) is 1. The van der Waals surface area contributed by atoms with E-state index in [1.165, 1.54) is 6.92 Å². The van der Waals surface area contributed by atoms with E-state index in [-0.39, 0.29) is 0 Å². The summed E-state index contributed by atoms with van der Waals surface area (Å²) in [5, 5.41) is 39.5. The van der Waals surface area contributed by atoms with E-state index in [1.807, 2.05) is 0 Å². The Labute approximate surface area is 114 Å². The number of carboxylic acids is 1. The van der Waals surface area contributed by atoms with E-state index < -0.39 is 54.6 Å². The lowest BCUT2D eigenvalue weighted by atomic mass is 9.92. The Morgan fingerprint density at radius 3 is 2.55 bits per heavy atom. The molecule has 9 heteroatoms. The van der Waals surface area contributed by atoms with Gasteiger partial charge in [0.25, 0.3) is 0 Å². The van der Waals surface area contributed by atoms with Crippen molar-refractivity contribution in [3.63, 3.8) is 0 Å². The lowest BCUT2D eigenvalue weighted by Crippen LogP contribution is -2.62. The molecule has 0 radical (unpaired) electrons. The number of amides is 1. The number of nitrogens with one attached hydrogen (secondary N) is 1. The van der Waals surface area contributed by atoms with Gasteiger partial charge in [0, 0.05) is 6.92 Å². The number of carboxylic acid groups (broad SMARTS) is 1. The first-order valence-corrected chi connectivity index (χ1v) is 5.89. The fourth-order valence-electron chi connectivity index (χ4n) is 1.90. The zero-order valence-electron chi connectivity index (χ0n) is 10.8. The van der Waals surface area contributed by atoms with E-state index in [4.69, 9.17) is 20.7 Å². The van der Waals surface area contributed by atoms with Crippen LogP contribution in [0.3, 0.4) is 0 Å². The zero-order valence-corrected chi connectivity index (χ0v) is 10.8. The predicted molar refractivity (Wildman–Crippen MR) is 65.3 cm³/mol. The first kappa shape index (κ1) is 16.4. The molecule has 20 heavy (non-hydrogen) atoms. The second-order valence-corrected chi connectivity index (χ2v) is 4.46. The first-order valence-electron chi connectivity index (χ1n) is 5.89. The van der Waals surface area contributed by atoms with Crippen LogP contribution in [0, 0.1) is 0 Å². The average molecular weight is 290 g/mol. The van der Waals surface area contributed by atoms with Crippen molar-refractivity contribution in [2.45, 2.75) is 37.3 Å². The van der Waals surface area contributed by atoms with Crippen LogP contribution >= 0.6 is 0 Å². The lowest BCUT2D eigenvalue weighted by molar-refractivity contribution is -0.145. The summed E-state index contributed by atoms with van der Waals surface area (Å²) in [5.41, 5.74) is 5.74. The maximum Gasteiger partial charge on any atom is 0.370 e. The third-order valence-corrected chi connectivity index (χ3v) is 2.87. The Bertz CT molecular complexity index is 412. The normalized spacial score (nSPS) is 28.9. The Hall–Kier alpha value is -1.68. The summed E-state index contributed by atoms with van der Waals surface area (Å²) in [4.78, 5) is 22.0. The number of rotatable bonds is 5. The average Bonchev–Trinajstić information content (AvgIpc) is 2.38. The van der Waals surface area contributed by atoms with Crippen LogP contribution in [-0.2, 0) is 14.3 Å². The summed E-state index contributed by atoms with van der Waals surface area (Å²) < 4.78 is 5.06. The van der Waals surface area contributed by atoms with Gasteiger partial charge in [-0.3, -0.25) is 4.79 Å². The second kappa shape index (κ2) is 6.66. The Balaban J connectivity index is 3.04. The highest BCUT2D eigenvalue weighted by Crippen LogP contribution is 2.21. The molecule has 0 fully saturated rings. The predicted octanol–water partition coefficient (Wildman–Crippen LogP) is -3.10. The SMILES string of the molecule is CC(=O)N[C@@H]1[C@@H](N)C=C(C(=O)O)O[C@H]1C(O)[C@H](O)CO. The molecule has 0 aromatic heterocycles. The number of hydrogen-bond acceptors (Lipinski definition) is 7. The topological polar surface area (TPSA) is 162 Å². The van der Waals surface area contributed by atoms with Gasteiger partial charge in [0.15, 0.2) is 0 Å². The molecule has 1 aliphatic heterocycles. The molecule has 0 aromatic carbocycles.